The molecule has 1 aromatic carbocycles. The van der Waals surface area contributed by atoms with Crippen molar-refractivity contribution in [2.75, 3.05) is 0 Å². The summed E-state index contributed by atoms with van der Waals surface area (Å²) in [5.41, 5.74) is 1.00. The van der Waals surface area contributed by atoms with Gasteiger partial charge in [-0.25, -0.2) is 4.79 Å². The number of ether oxygens (including phenoxy) is 1. The van der Waals surface area contributed by atoms with Crippen LogP contribution in [0.1, 0.15) is 31.4 Å². The Hall–Kier alpha value is -1.88. The highest BCUT2D eigenvalue weighted by Gasteiger charge is 2.35. The van der Waals surface area contributed by atoms with Crippen LogP contribution in [0.25, 0.3) is 0 Å². The van der Waals surface area contributed by atoms with E-state index in [0.29, 0.717) is 12.8 Å². The van der Waals surface area contributed by atoms with E-state index in [-0.39, 0.29) is 11.9 Å². The zero-order valence-corrected chi connectivity index (χ0v) is 10.7. The van der Waals surface area contributed by atoms with Gasteiger partial charge in [-0.15, -0.1) is 0 Å². The van der Waals surface area contributed by atoms with Crippen molar-refractivity contribution in [3.05, 3.63) is 35.9 Å². The van der Waals surface area contributed by atoms with Crippen molar-refractivity contribution in [2.24, 2.45) is 0 Å². The second-order valence-electron chi connectivity index (χ2n) is 4.67. The summed E-state index contributed by atoms with van der Waals surface area (Å²) in [6, 6.07) is 9.47. The Bertz CT molecular complexity index is 460. The molecule has 1 heterocycles. The van der Waals surface area contributed by atoms with Crippen LogP contribution in [0.5, 0.6) is 0 Å². The average molecular weight is 263 g/mol. The zero-order chi connectivity index (χ0) is 13.8. The van der Waals surface area contributed by atoms with Crippen LogP contribution in [-0.2, 0) is 14.3 Å². The number of carboxylic acids is 1. The molecule has 1 aromatic rings. The van der Waals surface area contributed by atoms with Crippen molar-refractivity contribution < 1.29 is 19.4 Å². The van der Waals surface area contributed by atoms with E-state index in [1.54, 1.807) is 0 Å². The molecule has 0 aromatic heterocycles. The largest absolute Gasteiger partial charge is 0.479 e. The number of benzene rings is 1. The van der Waals surface area contributed by atoms with Gasteiger partial charge in [-0.2, -0.15) is 0 Å². The van der Waals surface area contributed by atoms with E-state index < -0.39 is 18.2 Å². The van der Waals surface area contributed by atoms with Gasteiger partial charge in [-0.3, -0.25) is 4.79 Å². The van der Waals surface area contributed by atoms with E-state index in [1.807, 2.05) is 37.3 Å². The molecule has 102 valence electrons. The van der Waals surface area contributed by atoms with Crippen LogP contribution >= 0.6 is 0 Å². The lowest BCUT2D eigenvalue weighted by Gasteiger charge is -2.17. The lowest BCUT2D eigenvalue weighted by Crippen LogP contribution is -2.37. The van der Waals surface area contributed by atoms with Crippen LogP contribution in [0.3, 0.4) is 0 Å². The number of amides is 1. The highest BCUT2D eigenvalue weighted by molar-refractivity contribution is 5.82. The van der Waals surface area contributed by atoms with Crippen LogP contribution in [0.15, 0.2) is 30.3 Å². The number of carbonyl (C=O) groups is 2. The summed E-state index contributed by atoms with van der Waals surface area (Å²) in [5.74, 6) is -1.26. The predicted molar refractivity (Wildman–Crippen MR) is 68.5 cm³/mol. The van der Waals surface area contributed by atoms with Crippen molar-refractivity contribution in [3.8, 4) is 0 Å². The number of rotatable bonds is 4. The van der Waals surface area contributed by atoms with Crippen molar-refractivity contribution in [2.45, 2.75) is 38.0 Å². The molecule has 1 aliphatic rings. The number of carboxylic acid groups (broad SMARTS) is 1. The highest BCUT2D eigenvalue weighted by Crippen LogP contribution is 2.21. The Morgan fingerprint density at radius 3 is 2.47 bits per heavy atom. The molecule has 0 spiro atoms. The molecule has 2 rings (SSSR count). The molecule has 0 aliphatic carbocycles. The Kier molecular flexibility index (Phi) is 4.16. The summed E-state index contributed by atoms with van der Waals surface area (Å²) in [6.07, 6.45) is -0.688. The second kappa shape index (κ2) is 5.84. The summed E-state index contributed by atoms with van der Waals surface area (Å²) in [6.45, 7) is 1.89. The topological polar surface area (TPSA) is 75.6 Å². The predicted octanol–water partition coefficient (Wildman–Crippen LogP) is 1.50. The fraction of sp³-hybridized carbons (Fsp3) is 0.429. The van der Waals surface area contributed by atoms with Gasteiger partial charge in [-0.1, -0.05) is 30.3 Å². The molecule has 0 saturated carbocycles. The fourth-order valence-electron chi connectivity index (χ4n) is 2.14. The monoisotopic (exact) mass is 263 g/mol. The highest BCUT2D eigenvalue weighted by atomic mass is 16.5. The van der Waals surface area contributed by atoms with Crippen LogP contribution in [0.4, 0.5) is 0 Å². The molecule has 0 radical (unpaired) electrons. The quantitative estimate of drug-likeness (QED) is 0.863. The Morgan fingerprint density at radius 2 is 1.89 bits per heavy atom. The molecule has 0 bridgehead atoms. The van der Waals surface area contributed by atoms with E-state index in [9.17, 15) is 9.59 Å². The van der Waals surface area contributed by atoms with E-state index >= 15 is 0 Å². The molecule has 5 heteroatoms. The minimum atomic E-state index is -1.01. The molecule has 1 amide bonds. The molecule has 3 atom stereocenters. The van der Waals surface area contributed by atoms with Crippen molar-refractivity contribution in [1.29, 1.82) is 0 Å². The molecule has 1 saturated heterocycles. The van der Waals surface area contributed by atoms with E-state index in [2.05, 4.69) is 5.32 Å². The molecule has 2 N–H and O–H groups in total. The first-order valence-corrected chi connectivity index (χ1v) is 6.31. The standard InChI is InChI=1S/C14H17NO4/c1-9(10-5-3-2-4-6-10)15-13(16)11-7-8-12(19-11)14(17)18/h2-6,9,11-12H,7-8H2,1H3,(H,15,16)(H,17,18). The van der Waals surface area contributed by atoms with Gasteiger partial charge in [0.15, 0.2) is 6.10 Å². The molecule has 1 fully saturated rings. The maximum Gasteiger partial charge on any atom is 0.332 e. The third-order valence-electron chi connectivity index (χ3n) is 3.25. The summed E-state index contributed by atoms with van der Waals surface area (Å²) in [4.78, 5) is 22.7. The molecule has 3 unspecified atom stereocenters. The number of hydrogen-bond donors (Lipinski definition) is 2. The van der Waals surface area contributed by atoms with Crippen LogP contribution in [0, 0.1) is 0 Å². The summed E-state index contributed by atoms with van der Waals surface area (Å²) >= 11 is 0. The van der Waals surface area contributed by atoms with E-state index in [4.69, 9.17) is 9.84 Å². The van der Waals surface area contributed by atoms with Gasteiger partial charge in [0, 0.05) is 0 Å². The number of aliphatic carboxylic acids is 1. The molecule has 5 nitrogen and oxygen atoms in total. The van der Waals surface area contributed by atoms with Crippen molar-refractivity contribution in [3.63, 3.8) is 0 Å². The molecule has 1 aliphatic heterocycles. The van der Waals surface area contributed by atoms with Gasteiger partial charge in [0.05, 0.1) is 6.04 Å². The first-order valence-electron chi connectivity index (χ1n) is 6.31. The average Bonchev–Trinajstić information content (AvgIpc) is 2.89. The van der Waals surface area contributed by atoms with E-state index in [1.165, 1.54) is 0 Å². The SMILES string of the molecule is CC(NC(=O)C1CCC(C(=O)O)O1)c1ccccc1. The summed E-state index contributed by atoms with van der Waals surface area (Å²) in [5, 5.41) is 11.7. The van der Waals surface area contributed by atoms with Crippen LogP contribution in [-0.4, -0.2) is 29.2 Å². The first-order chi connectivity index (χ1) is 9.08. The van der Waals surface area contributed by atoms with Crippen molar-refractivity contribution in [1.82, 2.24) is 5.32 Å². The normalized spacial score (nSPS) is 23.8. The van der Waals surface area contributed by atoms with Gasteiger partial charge >= 0.3 is 5.97 Å². The maximum atomic E-state index is 12.0. The van der Waals surface area contributed by atoms with E-state index in [0.717, 1.165) is 5.56 Å². The Labute approximate surface area is 111 Å². The molecular weight excluding hydrogens is 246 g/mol. The third-order valence-corrected chi connectivity index (χ3v) is 3.25. The molecule has 19 heavy (non-hydrogen) atoms. The van der Waals surface area contributed by atoms with Gasteiger partial charge in [0.1, 0.15) is 6.10 Å². The number of hydrogen-bond acceptors (Lipinski definition) is 3. The fourth-order valence-corrected chi connectivity index (χ4v) is 2.14. The van der Waals surface area contributed by atoms with Gasteiger partial charge in [0.2, 0.25) is 5.91 Å². The lowest BCUT2D eigenvalue weighted by atomic mass is 10.1. The summed E-state index contributed by atoms with van der Waals surface area (Å²) in [7, 11) is 0. The minimum Gasteiger partial charge on any atom is -0.479 e. The third kappa shape index (κ3) is 3.32. The minimum absolute atomic E-state index is 0.124. The van der Waals surface area contributed by atoms with Crippen LogP contribution in [0.2, 0.25) is 0 Å². The Balaban J connectivity index is 1.90. The van der Waals surface area contributed by atoms with Gasteiger partial charge in [-0.05, 0) is 25.3 Å². The second-order valence-corrected chi connectivity index (χ2v) is 4.67. The smallest absolute Gasteiger partial charge is 0.332 e. The number of carbonyl (C=O) groups excluding carboxylic acids is 1. The van der Waals surface area contributed by atoms with Gasteiger partial charge in [0.25, 0.3) is 0 Å². The molecular formula is C14H17NO4. The van der Waals surface area contributed by atoms with Gasteiger partial charge < -0.3 is 15.2 Å². The maximum absolute atomic E-state index is 12.0. The first kappa shape index (κ1) is 13.5. The lowest BCUT2D eigenvalue weighted by molar-refractivity contribution is -0.151. The van der Waals surface area contributed by atoms with Crippen LogP contribution < -0.4 is 5.32 Å². The number of nitrogens with one attached hydrogen (secondary N) is 1. The Morgan fingerprint density at radius 1 is 1.26 bits per heavy atom. The zero-order valence-electron chi connectivity index (χ0n) is 10.7. The van der Waals surface area contributed by atoms with Crippen molar-refractivity contribution >= 4 is 11.9 Å². The summed E-state index contributed by atoms with van der Waals surface area (Å²) < 4.78 is 5.21.